The molecule has 0 aliphatic rings. The molecule has 0 fully saturated rings. The Balaban J connectivity index is 2.86. The lowest BCUT2D eigenvalue weighted by Gasteiger charge is -2.07. The molecule has 0 N–H and O–H groups in total. The van der Waals surface area contributed by atoms with E-state index in [9.17, 15) is 0 Å². The minimum atomic E-state index is 1.33. The fourth-order valence-corrected chi connectivity index (χ4v) is 1.14. The highest BCUT2D eigenvalue weighted by atomic mass is 14.1. The zero-order chi connectivity index (χ0) is 9.14. The zero-order valence-electron chi connectivity index (χ0n) is 8.31. The van der Waals surface area contributed by atoms with E-state index >= 15 is 0 Å². The highest BCUT2D eigenvalue weighted by Gasteiger charge is 2.01. The Hall–Kier alpha value is -0.780. The zero-order valence-corrected chi connectivity index (χ0v) is 8.31. The van der Waals surface area contributed by atoms with Crippen LogP contribution in [0.4, 0.5) is 0 Å². The summed E-state index contributed by atoms with van der Waals surface area (Å²) in [4.78, 5) is 0. The summed E-state index contributed by atoms with van der Waals surface area (Å²) >= 11 is 0. The minimum absolute atomic E-state index is 1.33. The van der Waals surface area contributed by atoms with Gasteiger partial charge >= 0.3 is 0 Å². The molecule has 0 saturated heterocycles. The Morgan fingerprint density at radius 2 is 0.917 bits per heavy atom. The van der Waals surface area contributed by atoms with Crippen LogP contribution in [0.3, 0.4) is 0 Å². The lowest BCUT2D eigenvalue weighted by molar-refractivity contribution is 1.12. The average molecular weight is 160 g/mol. The van der Waals surface area contributed by atoms with Crippen molar-refractivity contribution in [2.75, 3.05) is 0 Å². The molecule has 64 valence electrons. The highest BCUT2D eigenvalue weighted by Crippen LogP contribution is 2.17. The topological polar surface area (TPSA) is 0 Å². The van der Waals surface area contributed by atoms with Gasteiger partial charge in [0.1, 0.15) is 0 Å². The van der Waals surface area contributed by atoms with Crippen LogP contribution in [-0.2, 0) is 0 Å². The molecule has 2 radical (unpaired) electrons. The standard InChI is InChI=1S/C12H16/c1-9(2)11-5-7-12(8-6-11)10(3)4/h5-8H,1-4H3. The molecule has 0 amide bonds. The van der Waals surface area contributed by atoms with E-state index in [1.165, 1.54) is 23.0 Å². The smallest absolute Gasteiger partial charge is 0.00120 e. The first-order chi connectivity index (χ1) is 5.61. The lowest BCUT2D eigenvalue weighted by atomic mass is 9.97. The summed E-state index contributed by atoms with van der Waals surface area (Å²) in [5, 5.41) is 0. The van der Waals surface area contributed by atoms with E-state index in [1.807, 2.05) is 0 Å². The third-order valence-electron chi connectivity index (χ3n) is 2.04. The Bertz CT molecular complexity index is 202. The van der Waals surface area contributed by atoms with Crippen LogP contribution in [0.2, 0.25) is 0 Å². The Morgan fingerprint density at radius 3 is 1.08 bits per heavy atom. The van der Waals surface area contributed by atoms with E-state index in [4.69, 9.17) is 0 Å². The van der Waals surface area contributed by atoms with Gasteiger partial charge in [-0.25, -0.2) is 0 Å². The lowest BCUT2D eigenvalue weighted by Crippen LogP contribution is -1.91. The van der Waals surface area contributed by atoms with Crippen LogP contribution in [0.25, 0.3) is 0 Å². The van der Waals surface area contributed by atoms with Crippen LogP contribution in [0.1, 0.15) is 38.8 Å². The van der Waals surface area contributed by atoms with Gasteiger partial charge in [-0.2, -0.15) is 0 Å². The summed E-state index contributed by atoms with van der Waals surface area (Å²) in [5.74, 6) is 2.74. The monoisotopic (exact) mass is 160 g/mol. The molecule has 1 aromatic rings. The van der Waals surface area contributed by atoms with Gasteiger partial charge in [0.15, 0.2) is 0 Å². The fourth-order valence-electron chi connectivity index (χ4n) is 1.14. The van der Waals surface area contributed by atoms with E-state index in [0.29, 0.717) is 0 Å². The molecule has 0 aromatic heterocycles. The Kier molecular flexibility index (Phi) is 2.91. The molecule has 0 unspecified atom stereocenters. The van der Waals surface area contributed by atoms with Gasteiger partial charge in [0.05, 0.1) is 0 Å². The van der Waals surface area contributed by atoms with Gasteiger partial charge in [0.2, 0.25) is 0 Å². The summed E-state index contributed by atoms with van der Waals surface area (Å²) in [6.45, 7) is 8.55. The molecule has 0 heteroatoms. The van der Waals surface area contributed by atoms with Crippen molar-refractivity contribution >= 4 is 0 Å². The van der Waals surface area contributed by atoms with Crippen molar-refractivity contribution in [3.8, 4) is 0 Å². The third kappa shape index (κ3) is 2.10. The molecule has 0 nitrogen and oxygen atoms in total. The number of hydrogen-bond donors (Lipinski definition) is 0. The third-order valence-corrected chi connectivity index (χ3v) is 2.04. The number of benzene rings is 1. The van der Waals surface area contributed by atoms with Crippen LogP contribution in [0.15, 0.2) is 24.3 Å². The molecule has 0 aliphatic heterocycles. The molecule has 12 heavy (non-hydrogen) atoms. The van der Waals surface area contributed by atoms with Gasteiger partial charge < -0.3 is 0 Å². The van der Waals surface area contributed by atoms with E-state index in [-0.39, 0.29) is 0 Å². The second kappa shape index (κ2) is 3.75. The first-order valence-electron chi connectivity index (χ1n) is 4.32. The molecule has 0 saturated carbocycles. The average Bonchev–Trinajstić information content (AvgIpc) is 2.04. The number of rotatable bonds is 2. The second-order valence-electron chi connectivity index (χ2n) is 3.58. The molecule has 0 bridgehead atoms. The molecular weight excluding hydrogens is 144 g/mol. The van der Waals surface area contributed by atoms with Crippen LogP contribution in [0, 0.1) is 11.8 Å². The Labute approximate surface area is 75.6 Å². The van der Waals surface area contributed by atoms with Crippen LogP contribution in [0.5, 0.6) is 0 Å². The van der Waals surface area contributed by atoms with E-state index in [2.05, 4.69) is 52.0 Å². The summed E-state index contributed by atoms with van der Waals surface area (Å²) in [5.41, 5.74) is 2.67. The highest BCUT2D eigenvalue weighted by molar-refractivity contribution is 5.36. The maximum atomic E-state index is 2.18. The van der Waals surface area contributed by atoms with Crippen LogP contribution < -0.4 is 0 Å². The van der Waals surface area contributed by atoms with Crippen LogP contribution in [-0.4, -0.2) is 0 Å². The maximum Gasteiger partial charge on any atom is -0.00120 e. The van der Waals surface area contributed by atoms with Crippen molar-refractivity contribution in [2.24, 2.45) is 0 Å². The van der Waals surface area contributed by atoms with Crippen molar-refractivity contribution in [1.82, 2.24) is 0 Å². The molecule has 0 atom stereocenters. The van der Waals surface area contributed by atoms with Gasteiger partial charge in [0.25, 0.3) is 0 Å². The molecular formula is C12H16. The summed E-state index contributed by atoms with van der Waals surface area (Å²) in [7, 11) is 0. The first-order valence-corrected chi connectivity index (χ1v) is 4.32. The normalized spacial score (nSPS) is 11.2. The van der Waals surface area contributed by atoms with Gasteiger partial charge in [-0.05, 0) is 23.0 Å². The summed E-state index contributed by atoms with van der Waals surface area (Å²) in [6, 6.07) is 8.71. The number of hydrogen-bond acceptors (Lipinski definition) is 0. The molecule has 1 rings (SSSR count). The fraction of sp³-hybridized carbons (Fsp3) is 0.333. The minimum Gasteiger partial charge on any atom is -0.0582 e. The van der Waals surface area contributed by atoms with Gasteiger partial charge in [-0.3, -0.25) is 0 Å². The second-order valence-corrected chi connectivity index (χ2v) is 3.58. The molecule has 1 aromatic carbocycles. The van der Waals surface area contributed by atoms with Crippen molar-refractivity contribution in [1.29, 1.82) is 0 Å². The van der Waals surface area contributed by atoms with Gasteiger partial charge in [-0.1, -0.05) is 52.0 Å². The predicted octanol–water partition coefficient (Wildman–Crippen LogP) is 3.61. The van der Waals surface area contributed by atoms with E-state index in [1.54, 1.807) is 0 Å². The summed E-state index contributed by atoms with van der Waals surface area (Å²) in [6.07, 6.45) is 0. The maximum absolute atomic E-state index is 2.18. The molecule has 0 heterocycles. The summed E-state index contributed by atoms with van der Waals surface area (Å²) < 4.78 is 0. The predicted molar refractivity (Wildman–Crippen MR) is 53.8 cm³/mol. The quantitative estimate of drug-likeness (QED) is 0.620. The van der Waals surface area contributed by atoms with Crippen LogP contribution >= 0.6 is 0 Å². The molecule has 0 aliphatic carbocycles. The molecule has 0 spiro atoms. The van der Waals surface area contributed by atoms with Gasteiger partial charge in [-0.15, -0.1) is 0 Å². The SMILES string of the molecule is C[C](C)c1ccc([C](C)C)cc1. The van der Waals surface area contributed by atoms with Crippen molar-refractivity contribution < 1.29 is 0 Å². The van der Waals surface area contributed by atoms with E-state index in [0.717, 1.165) is 0 Å². The Morgan fingerprint density at radius 1 is 0.667 bits per heavy atom. The largest absolute Gasteiger partial charge is 0.0582 e. The van der Waals surface area contributed by atoms with Crippen molar-refractivity contribution in [2.45, 2.75) is 27.7 Å². The van der Waals surface area contributed by atoms with Crippen molar-refractivity contribution in [3.05, 3.63) is 47.2 Å². The first kappa shape index (κ1) is 9.31. The van der Waals surface area contributed by atoms with Gasteiger partial charge in [0, 0.05) is 0 Å². The van der Waals surface area contributed by atoms with Crippen molar-refractivity contribution in [3.63, 3.8) is 0 Å². The van der Waals surface area contributed by atoms with E-state index < -0.39 is 0 Å².